The molecule has 1 aliphatic heterocycles. The maximum absolute atomic E-state index is 12.5. The van der Waals surface area contributed by atoms with E-state index in [0.29, 0.717) is 10.8 Å². The van der Waals surface area contributed by atoms with E-state index in [-0.39, 0.29) is 40.8 Å². The zero-order valence-electron chi connectivity index (χ0n) is 14.4. The summed E-state index contributed by atoms with van der Waals surface area (Å²) in [6.07, 6.45) is 1.10. The van der Waals surface area contributed by atoms with Crippen molar-refractivity contribution in [3.05, 3.63) is 56.6 Å². The summed E-state index contributed by atoms with van der Waals surface area (Å²) in [5, 5.41) is 23.6. The molecular weight excluding hydrogens is 390 g/mol. The van der Waals surface area contributed by atoms with Crippen LogP contribution >= 0.6 is 11.6 Å². The molecule has 0 aromatic heterocycles. The molecule has 0 saturated heterocycles. The van der Waals surface area contributed by atoms with Crippen LogP contribution in [0.2, 0.25) is 5.02 Å². The van der Waals surface area contributed by atoms with Gasteiger partial charge in [0.2, 0.25) is 6.79 Å². The van der Waals surface area contributed by atoms with E-state index < -0.39 is 10.8 Å². The smallest absolute Gasteiger partial charge is 0.280 e. The molecule has 0 bridgehead atoms. The monoisotopic (exact) mass is 401 g/mol. The van der Waals surface area contributed by atoms with Gasteiger partial charge in [0, 0.05) is 5.02 Å². The largest absolute Gasteiger partial charge is 0.495 e. The second-order valence-electron chi connectivity index (χ2n) is 5.49. The topological polar surface area (TPSA) is 124 Å². The van der Waals surface area contributed by atoms with Crippen molar-refractivity contribution in [3.63, 3.8) is 0 Å². The van der Waals surface area contributed by atoms with Crippen LogP contribution in [0.15, 0.2) is 35.9 Å². The summed E-state index contributed by atoms with van der Waals surface area (Å²) in [6, 6.07) is 8.84. The first-order valence-electron chi connectivity index (χ1n) is 7.77. The number of nitro groups is 1. The summed E-state index contributed by atoms with van der Waals surface area (Å²) in [7, 11) is 1.41. The second kappa shape index (κ2) is 7.85. The third-order valence-electron chi connectivity index (χ3n) is 3.79. The predicted octanol–water partition coefficient (Wildman–Crippen LogP) is 3.53. The van der Waals surface area contributed by atoms with Gasteiger partial charge in [-0.25, -0.2) is 0 Å². The molecule has 1 aliphatic rings. The number of nitrogens with zero attached hydrogens (tertiary/aromatic N) is 2. The number of nitro benzene ring substituents is 1. The van der Waals surface area contributed by atoms with Crippen molar-refractivity contribution in [3.8, 4) is 23.3 Å². The number of amides is 1. The predicted molar refractivity (Wildman–Crippen MR) is 99.4 cm³/mol. The van der Waals surface area contributed by atoms with Crippen LogP contribution in [0, 0.1) is 21.4 Å². The lowest BCUT2D eigenvalue weighted by molar-refractivity contribution is -0.385. The van der Waals surface area contributed by atoms with Gasteiger partial charge in [0.15, 0.2) is 11.5 Å². The Bertz CT molecular complexity index is 1040. The number of benzene rings is 2. The van der Waals surface area contributed by atoms with Gasteiger partial charge < -0.3 is 19.5 Å². The van der Waals surface area contributed by atoms with Gasteiger partial charge in [-0.3, -0.25) is 14.9 Å². The minimum atomic E-state index is -0.782. The van der Waals surface area contributed by atoms with Gasteiger partial charge in [-0.05, 0) is 30.3 Å². The Labute approximate surface area is 163 Å². The van der Waals surface area contributed by atoms with E-state index in [1.165, 1.54) is 25.3 Å². The molecule has 0 atom stereocenters. The molecule has 3 rings (SSSR count). The Hall–Kier alpha value is -3.77. The van der Waals surface area contributed by atoms with Crippen molar-refractivity contribution >= 4 is 35.0 Å². The molecule has 0 unspecified atom stereocenters. The molecular formula is C18H12ClN3O6. The van der Waals surface area contributed by atoms with Crippen LogP contribution in [0.25, 0.3) is 6.08 Å². The van der Waals surface area contributed by atoms with E-state index in [1.807, 2.05) is 0 Å². The Morgan fingerprint density at radius 2 is 2.07 bits per heavy atom. The van der Waals surface area contributed by atoms with Crippen LogP contribution in [0.1, 0.15) is 5.56 Å². The van der Waals surface area contributed by atoms with Crippen LogP contribution in [0.5, 0.6) is 17.2 Å². The average molecular weight is 402 g/mol. The Morgan fingerprint density at radius 1 is 1.36 bits per heavy atom. The summed E-state index contributed by atoms with van der Waals surface area (Å²) in [4.78, 5) is 23.2. The number of hydrogen-bond acceptors (Lipinski definition) is 7. The first-order valence-corrected chi connectivity index (χ1v) is 8.15. The first kappa shape index (κ1) is 19.0. The van der Waals surface area contributed by atoms with Gasteiger partial charge in [-0.15, -0.1) is 0 Å². The van der Waals surface area contributed by atoms with Crippen molar-refractivity contribution in [2.75, 3.05) is 19.2 Å². The number of methoxy groups -OCH3 is 1. The van der Waals surface area contributed by atoms with Gasteiger partial charge in [0.25, 0.3) is 11.6 Å². The number of nitriles is 1. The maximum atomic E-state index is 12.5. The summed E-state index contributed by atoms with van der Waals surface area (Å²) >= 11 is 5.92. The zero-order chi connectivity index (χ0) is 20.3. The van der Waals surface area contributed by atoms with Gasteiger partial charge in [0.05, 0.1) is 29.4 Å². The van der Waals surface area contributed by atoms with Crippen LogP contribution in [0.3, 0.4) is 0 Å². The SMILES string of the molecule is COc1ccc(Cl)cc1NC(=O)/C(C#N)=C/c1cc2c(cc1[N+](=O)[O-])OCO2. The molecule has 1 amide bonds. The second-order valence-corrected chi connectivity index (χ2v) is 5.93. The molecule has 0 fully saturated rings. The van der Waals surface area contributed by atoms with Crippen LogP contribution in [-0.4, -0.2) is 24.7 Å². The minimum absolute atomic E-state index is 0.0269. The van der Waals surface area contributed by atoms with Crippen LogP contribution in [0.4, 0.5) is 11.4 Å². The zero-order valence-corrected chi connectivity index (χ0v) is 15.1. The third kappa shape index (κ3) is 3.82. The summed E-state index contributed by atoms with van der Waals surface area (Å²) < 4.78 is 15.5. The lowest BCUT2D eigenvalue weighted by atomic mass is 10.1. The molecule has 2 aromatic carbocycles. The Kier molecular flexibility index (Phi) is 5.33. The van der Waals surface area contributed by atoms with E-state index in [4.69, 9.17) is 25.8 Å². The Morgan fingerprint density at radius 3 is 2.71 bits per heavy atom. The molecule has 0 aliphatic carbocycles. The molecule has 0 spiro atoms. The van der Waals surface area contributed by atoms with Crippen molar-refractivity contribution < 1.29 is 23.9 Å². The van der Waals surface area contributed by atoms with E-state index in [0.717, 1.165) is 6.08 Å². The molecule has 142 valence electrons. The number of carbonyl (C=O) groups excluding carboxylic acids is 1. The highest BCUT2D eigenvalue weighted by Gasteiger charge is 2.23. The maximum Gasteiger partial charge on any atom is 0.280 e. The van der Waals surface area contributed by atoms with Crippen molar-refractivity contribution in [1.29, 1.82) is 5.26 Å². The standard InChI is InChI=1S/C18H12ClN3O6/c1-26-15-3-2-12(19)6-13(15)21-18(23)11(8-20)4-10-5-16-17(28-9-27-16)7-14(10)22(24)25/h2-7H,9H2,1H3,(H,21,23)/b11-4+. The average Bonchev–Trinajstić information content (AvgIpc) is 3.12. The number of carbonyl (C=O) groups is 1. The highest BCUT2D eigenvalue weighted by molar-refractivity contribution is 6.31. The number of rotatable bonds is 5. The number of nitrogens with one attached hydrogen (secondary N) is 1. The number of fused-ring (bicyclic) bond motifs is 1. The van der Waals surface area contributed by atoms with Gasteiger partial charge in [-0.2, -0.15) is 5.26 Å². The normalized spacial score (nSPS) is 12.2. The summed E-state index contributed by atoms with van der Waals surface area (Å²) in [6.45, 7) is -0.0696. The van der Waals surface area contributed by atoms with Gasteiger partial charge >= 0.3 is 0 Å². The lowest BCUT2D eigenvalue weighted by Crippen LogP contribution is -2.14. The van der Waals surface area contributed by atoms with E-state index >= 15 is 0 Å². The number of halogens is 1. The highest BCUT2D eigenvalue weighted by atomic mass is 35.5. The molecule has 1 N–H and O–H groups in total. The lowest BCUT2D eigenvalue weighted by Gasteiger charge is -2.10. The summed E-state index contributed by atoms with van der Waals surface area (Å²) in [5.74, 6) is 0.0562. The van der Waals surface area contributed by atoms with E-state index in [9.17, 15) is 20.2 Å². The fourth-order valence-electron chi connectivity index (χ4n) is 2.49. The molecule has 10 heteroatoms. The first-order chi connectivity index (χ1) is 13.4. The van der Waals surface area contributed by atoms with Crippen LogP contribution < -0.4 is 19.5 Å². The van der Waals surface area contributed by atoms with E-state index in [1.54, 1.807) is 18.2 Å². The Balaban J connectivity index is 1.97. The van der Waals surface area contributed by atoms with E-state index in [2.05, 4.69) is 5.32 Å². The molecule has 0 radical (unpaired) electrons. The third-order valence-corrected chi connectivity index (χ3v) is 4.03. The molecule has 2 aromatic rings. The molecule has 1 heterocycles. The quantitative estimate of drug-likeness (QED) is 0.351. The van der Waals surface area contributed by atoms with Crippen molar-refractivity contribution in [1.82, 2.24) is 0 Å². The molecule has 0 saturated carbocycles. The number of ether oxygens (including phenoxy) is 3. The van der Waals surface area contributed by atoms with Crippen LogP contribution in [-0.2, 0) is 4.79 Å². The minimum Gasteiger partial charge on any atom is -0.495 e. The summed E-state index contributed by atoms with van der Waals surface area (Å²) in [5.41, 5.74) is -0.408. The fourth-order valence-corrected chi connectivity index (χ4v) is 2.66. The van der Waals surface area contributed by atoms with Gasteiger partial charge in [-0.1, -0.05) is 11.6 Å². The fraction of sp³-hybridized carbons (Fsp3) is 0.111. The van der Waals surface area contributed by atoms with Crippen molar-refractivity contribution in [2.24, 2.45) is 0 Å². The highest BCUT2D eigenvalue weighted by Crippen LogP contribution is 2.38. The number of anilines is 1. The number of hydrogen-bond donors (Lipinski definition) is 1. The molecule has 9 nitrogen and oxygen atoms in total. The van der Waals surface area contributed by atoms with Crippen molar-refractivity contribution in [2.45, 2.75) is 0 Å². The molecule has 28 heavy (non-hydrogen) atoms. The van der Waals surface area contributed by atoms with Gasteiger partial charge in [0.1, 0.15) is 17.4 Å².